The largest absolute Gasteiger partial charge is 0.387 e. The first-order chi connectivity index (χ1) is 8.43. The molecule has 0 aliphatic heterocycles. The van der Waals surface area contributed by atoms with E-state index in [0.29, 0.717) is 6.61 Å². The van der Waals surface area contributed by atoms with E-state index in [-0.39, 0.29) is 5.41 Å². The zero-order valence-electron chi connectivity index (χ0n) is 13.4. The van der Waals surface area contributed by atoms with Crippen LogP contribution in [-0.2, 0) is 16.8 Å². The van der Waals surface area contributed by atoms with Crippen molar-refractivity contribution in [2.45, 2.75) is 71.7 Å². The molecule has 1 aromatic carbocycles. The van der Waals surface area contributed by atoms with E-state index in [2.05, 4.69) is 45.0 Å². The van der Waals surface area contributed by atoms with E-state index >= 15 is 0 Å². The van der Waals surface area contributed by atoms with Crippen molar-refractivity contribution in [2.24, 2.45) is 0 Å². The van der Waals surface area contributed by atoms with Crippen LogP contribution in [0.5, 0.6) is 0 Å². The molecule has 108 valence electrons. The van der Waals surface area contributed by atoms with E-state index in [1.54, 1.807) is 13.8 Å². The average Bonchev–Trinajstić information content (AvgIpc) is 2.24. The summed E-state index contributed by atoms with van der Waals surface area (Å²) < 4.78 is 5.86. The van der Waals surface area contributed by atoms with Crippen LogP contribution in [0.1, 0.15) is 59.6 Å². The first-order valence-corrected chi connectivity index (χ1v) is 6.89. The van der Waals surface area contributed by atoms with Crippen molar-refractivity contribution in [2.75, 3.05) is 0 Å². The van der Waals surface area contributed by atoms with E-state index in [1.165, 1.54) is 5.56 Å². The zero-order valence-corrected chi connectivity index (χ0v) is 13.4. The molecule has 0 fully saturated rings. The summed E-state index contributed by atoms with van der Waals surface area (Å²) in [4.78, 5) is 0. The monoisotopic (exact) mass is 264 g/mol. The number of ether oxygens (including phenoxy) is 1. The second-order valence-electron chi connectivity index (χ2n) is 7.30. The van der Waals surface area contributed by atoms with Crippen molar-refractivity contribution in [3.05, 3.63) is 35.4 Å². The van der Waals surface area contributed by atoms with Gasteiger partial charge in [-0.05, 0) is 44.2 Å². The summed E-state index contributed by atoms with van der Waals surface area (Å²) in [5.74, 6) is 0. The Bertz CT molecular complexity index is 402. The van der Waals surface area contributed by atoms with Gasteiger partial charge in [-0.3, -0.25) is 0 Å². The van der Waals surface area contributed by atoms with Gasteiger partial charge < -0.3 is 9.84 Å². The normalized spacial score (nSPS) is 13.7. The Balaban J connectivity index is 2.70. The second-order valence-corrected chi connectivity index (χ2v) is 7.30. The van der Waals surface area contributed by atoms with Crippen LogP contribution in [0.3, 0.4) is 0 Å². The summed E-state index contributed by atoms with van der Waals surface area (Å²) in [5.41, 5.74) is 1.18. The topological polar surface area (TPSA) is 29.5 Å². The van der Waals surface area contributed by atoms with Gasteiger partial charge in [0.1, 0.15) is 0 Å². The second kappa shape index (κ2) is 5.26. The molecule has 0 amide bonds. The lowest BCUT2D eigenvalue weighted by atomic mass is 9.86. The van der Waals surface area contributed by atoms with Crippen LogP contribution in [0.2, 0.25) is 0 Å². The molecule has 0 bridgehead atoms. The summed E-state index contributed by atoms with van der Waals surface area (Å²) >= 11 is 0. The summed E-state index contributed by atoms with van der Waals surface area (Å²) in [7, 11) is 0. The third kappa shape index (κ3) is 4.32. The highest BCUT2D eigenvalue weighted by Gasteiger charge is 2.35. The highest BCUT2D eigenvalue weighted by Crippen LogP contribution is 2.27. The molecule has 1 N–H and O–H groups in total. The van der Waals surface area contributed by atoms with Crippen LogP contribution in [0, 0.1) is 0 Å². The summed E-state index contributed by atoms with van der Waals surface area (Å²) in [6.45, 7) is 14.5. The van der Waals surface area contributed by atoms with Gasteiger partial charge in [0.25, 0.3) is 0 Å². The molecule has 0 unspecified atom stereocenters. The SMILES string of the molecule is CC(C)(C)c1ccc(COC(C)(C)C(C)(C)O)cc1. The van der Waals surface area contributed by atoms with Crippen molar-refractivity contribution in [3.63, 3.8) is 0 Å². The van der Waals surface area contributed by atoms with Gasteiger partial charge in [-0.1, -0.05) is 45.0 Å². The summed E-state index contributed by atoms with van der Waals surface area (Å²) in [6.07, 6.45) is 0. The van der Waals surface area contributed by atoms with Gasteiger partial charge in [-0.25, -0.2) is 0 Å². The van der Waals surface area contributed by atoms with Crippen molar-refractivity contribution in [3.8, 4) is 0 Å². The Hall–Kier alpha value is -0.860. The van der Waals surface area contributed by atoms with Gasteiger partial charge in [0.05, 0.1) is 17.8 Å². The fourth-order valence-electron chi connectivity index (χ4n) is 1.54. The number of rotatable bonds is 4. The fraction of sp³-hybridized carbons (Fsp3) is 0.647. The maximum absolute atomic E-state index is 10.0. The smallest absolute Gasteiger partial charge is 0.0911 e. The third-order valence-corrected chi connectivity index (χ3v) is 3.89. The molecular formula is C17H28O2. The van der Waals surface area contributed by atoms with Crippen LogP contribution in [0.25, 0.3) is 0 Å². The Morgan fingerprint density at radius 3 is 1.74 bits per heavy atom. The molecule has 0 atom stereocenters. The van der Waals surface area contributed by atoms with Gasteiger partial charge in [-0.2, -0.15) is 0 Å². The van der Waals surface area contributed by atoms with E-state index < -0.39 is 11.2 Å². The molecule has 0 spiro atoms. The molecule has 0 radical (unpaired) electrons. The van der Waals surface area contributed by atoms with Crippen molar-refractivity contribution >= 4 is 0 Å². The number of hydrogen-bond acceptors (Lipinski definition) is 2. The first-order valence-electron chi connectivity index (χ1n) is 6.89. The molecule has 2 nitrogen and oxygen atoms in total. The van der Waals surface area contributed by atoms with E-state index in [1.807, 2.05) is 13.8 Å². The molecule has 19 heavy (non-hydrogen) atoms. The van der Waals surface area contributed by atoms with Gasteiger partial charge in [0.15, 0.2) is 0 Å². The van der Waals surface area contributed by atoms with Crippen LogP contribution >= 0.6 is 0 Å². The molecule has 0 saturated heterocycles. The van der Waals surface area contributed by atoms with Crippen LogP contribution in [0.4, 0.5) is 0 Å². The molecule has 1 aromatic rings. The predicted octanol–water partition coefficient (Wildman–Crippen LogP) is 4.05. The maximum atomic E-state index is 10.0. The zero-order chi connectivity index (χ0) is 14.9. The van der Waals surface area contributed by atoms with Gasteiger partial charge in [0.2, 0.25) is 0 Å². The summed E-state index contributed by atoms with van der Waals surface area (Å²) in [5, 5.41) is 10.0. The van der Waals surface area contributed by atoms with E-state index in [0.717, 1.165) is 5.56 Å². The minimum absolute atomic E-state index is 0.172. The molecule has 1 rings (SSSR count). The standard InChI is InChI=1S/C17H28O2/c1-15(2,3)14-10-8-13(9-11-14)12-19-17(6,7)16(4,5)18/h8-11,18H,12H2,1-7H3. The minimum atomic E-state index is -0.863. The number of hydrogen-bond donors (Lipinski definition) is 1. The fourth-order valence-corrected chi connectivity index (χ4v) is 1.54. The van der Waals surface area contributed by atoms with Crippen LogP contribution in [-0.4, -0.2) is 16.3 Å². The third-order valence-electron chi connectivity index (χ3n) is 3.89. The minimum Gasteiger partial charge on any atom is -0.387 e. The molecule has 0 heterocycles. The Morgan fingerprint density at radius 2 is 1.37 bits per heavy atom. The van der Waals surface area contributed by atoms with Crippen LogP contribution in [0.15, 0.2) is 24.3 Å². The lowest BCUT2D eigenvalue weighted by Gasteiger charge is -2.37. The maximum Gasteiger partial charge on any atom is 0.0911 e. The summed E-state index contributed by atoms with van der Waals surface area (Å²) in [6, 6.07) is 8.49. The number of aliphatic hydroxyl groups is 1. The lowest BCUT2D eigenvalue weighted by molar-refractivity contribution is -0.153. The van der Waals surface area contributed by atoms with Crippen molar-refractivity contribution in [1.29, 1.82) is 0 Å². The van der Waals surface area contributed by atoms with Gasteiger partial charge in [0, 0.05) is 0 Å². The average molecular weight is 264 g/mol. The molecule has 0 saturated carbocycles. The first kappa shape index (κ1) is 16.2. The Kier molecular flexibility index (Phi) is 4.48. The molecular weight excluding hydrogens is 236 g/mol. The van der Waals surface area contributed by atoms with E-state index in [4.69, 9.17) is 4.74 Å². The van der Waals surface area contributed by atoms with Crippen molar-refractivity contribution in [1.82, 2.24) is 0 Å². The highest BCUT2D eigenvalue weighted by molar-refractivity contribution is 5.27. The van der Waals surface area contributed by atoms with Gasteiger partial charge >= 0.3 is 0 Å². The predicted molar refractivity (Wildman–Crippen MR) is 80.3 cm³/mol. The molecule has 0 aliphatic carbocycles. The molecule has 0 aliphatic rings. The molecule has 2 heteroatoms. The quantitative estimate of drug-likeness (QED) is 0.889. The Morgan fingerprint density at radius 1 is 0.895 bits per heavy atom. The highest BCUT2D eigenvalue weighted by atomic mass is 16.5. The molecule has 0 aromatic heterocycles. The number of benzene rings is 1. The Labute approximate surface area is 117 Å². The van der Waals surface area contributed by atoms with E-state index in [9.17, 15) is 5.11 Å². The lowest BCUT2D eigenvalue weighted by Crippen LogP contribution is -2.47. The van der Waals surface area contributed by atoms with Crippen LogP contribution < -0.4 is 0 Å². The van der Waals surface area contributed by atoms with Gasteiger partial charge in [-0.15, -0.1) is 0 Å². The van der Waals surface area contributed by atoms with Crippen molar-refractivity contribution < 1.29 is 9.84 Å².